The number of cyclic esters (lactones) is 2. The van der Waals surface area contributed by atoms with Gasteiger partial charge in [0.1, 0.15) is 0 Å². The molecule has 0 bridgehead atoms. The highest BCUT2D eigenvalue weighted by atomic mass is 16.7. The van der Waals surface area contributed by atoms with E-state index in [4.69, 9.17) is 9.47 Å². The Bertz CT molecular complexity index is 743. The standard InChI is InChI=1S/C18H22N2O6/c1-5-20(6-2)14-8-7-11(9-12(14)15(21)22)19-10-13-16(23)25-18(3,4)26-17(13)24/h7-10,19H,5-6H2,1-4H3,(H,21,22). The van der Waals surface area contributed by atoms with Crippen molar-refractivity contribution in [3.05, 3.63) is 35.5 Å². The second kappa shape index (κ2) is 7.47. The van der Waals surface area contributed by atoms with Crippen molar-refractivity contribution in [2.24, 2.45) is 0 Å². The number of aromatic carboxylic acids is 1. The van der Waals surface area contributed by atoms with Gasteiger partial charge in [0.2, 0.25) is 0 Å². The summed E-state index contributed by atoms with van der Waals surface area (Å²) in [6.07, 6.45) is 1.15. The molecule has 0 atom stereocenters. The summed E-state index contributed by atoms with van der Waals surface area (Å²) in [5, 5.41) is 12.2. The second-order valence-electron chi connectivity index (χ2n) is 6.09. The van der Waals surface area contributed by atoms with Crippen molar-refractivity contribution >= 4 is 29.3 Å². The van der Waals surface area contributed by atoms with Crippen molar-refractivity contribution in [3.63, 3.8) is 0 Å². The fourth-order valence-corrected chi connectivity index (χ4v) is 2.57. The van der Waals surface area contributed by atoms with E-state index in [2.05, 4.69) is 5.32 Å². The van der Waals surface area contributed by atoms with E-state index in [-0.39, 0.29) is 11.1 Å². The van der Waals surface area contributed by atoms with Crippen molar-refractivity contribution < 1.29 is 29.0 Å². The number of hydrogen-bond donors (Lipinski definition) is 2. The normalized spacial score (nSPS) is 15.8. The van der Waals surface area contributed by atoms with E-state index in [1.54, 1.807) is 12.1 Å². The van der Waals surface area contributed by atoms with Crippen LogP contribution in [-0.4, -0.2) is 41.9 Å². The summed E-state index contributed by atoms with van der Waals surface area (Å²) in [6.45, 7) is 8.12. The lowest BCUT2D eigenvalue weighted by atomic mass is 10.1. The molecule has 26 heavy (non-hydrogen) atoms. The molecule has 0 spiro atoms. The molecule has 1 fully saturated rings. The van der Waals surface area contributed by atoms with Crippen LogP contribution in [0.4, 0.5) is 11.4 Å². The second-order valence-corrected chi connectivity index (χ2v) is 6.09. The smallest absolute Gasteiger partial charge is 0.350 e. The van der Waals surface area contributed by atoms with Crippen LogP contribution in [0.25, 0.3) is 0 Å². The molecule has 8 heteroatoms. The molecule has 2 rings (SSSR count). The maximum Gasteiger partial charge on any atom is 0.350 e. The van der Waals surface area contributed by atoms with E-state index < -0.39 is 23.7 Å². The monoisotopic (exact) mass is 362 g/mol. The number of hydrogen-bond acceptors (Lipinski definition) is 7. The first-order valence-corrected chi connectivity index (χ1v) is 8.24. The van der Waals surface area contributed by atoms with Crippen molar-refractivity contribution in [1.29, 1.82) is 0 Å². The molecule has 140 valence electrons. The molecule has 2 N–H and O–H groups in total. The molecule has 0 aliphatic carbocycles. The topological polar surface area (TPSA) is 105 Å². The highest BCUT2D eigenvalue weighted by Crippen LogP contribution is 2.26. The van der Waals surface area contributed by atoms with Gasteiger partial charge in [0.25, 0.3) is 5.79 Å². The Kier molecular flexibility index (Phi) is 5.54. The number of esters is 2. The summed E-state index contributed by atoms with van der Waals surface area (Å²) in [5.41, 5.74) is 0.830. The van der Waals surface area contributed by atoms with Gasteiger partial charge in [-0.2, -0.15) is 0 Å². The maximum atomic E-state index is 11.9. The van der Waals surface area contributed by atoms with E-state index in [1.807, 2.05) is 18.7 Å². The summed E-state index contributed by atoms with van der Waals surface area (Å²) >= 11 is 0. The average Bonchev–Trinajstić information content (AvgIpc) is 2.54. The number of carbonyl (C=O) groups is 3. The third-order valence-electron chi connectivity index (χ3n) is 3.83. The summed E-state index contributed by atoms with van der Waals surface area (Å²) in [6, 6.07) is 4.79. The van der Waals surface area contributed by atoms with Crippen LogP contribution in [0.3, 0.4) is 0 Å². The van der Waals surface area contributed by atoms with Crippen LogP contribution in [0.15, 0.2) is 30.0 Å². The quantitative estimate of drug-likeness (QED) is 0.451. The van der Waals surface area contributed by atoms with Crippen LogP contribution in [0.1, 0.15) is 38.1 Å². The van der Waals surface area contributed by atoms with Crippen molar-refractivity contribution in [3.8, 4) is 0 Å². The van der Waals surface area contributed by atoms with E-state index in [0.717, 1.165) is 6.20 Å². The van der Waals surface area contributed by atoms with Gasteiger partial charge in [0, 0.05) is 38.8 Å². The molecule has 1 aliphatic heterocycles. The van der Waals surface area contributed by atoms with Gasteiger partial charge in [0.05, 0.1) is 11.3 Å². The summed E-state index contributed by atoms with van der Waals surface area (Å²) in [5.74, 6) is -4.00. The molecule has 0 unspecified atom stereocenters. The Morgan fingerprint density at radius 3 is 2.27 bits per heavy atom. The molecule has 1 saturated heterocycles. The van der Waals surface area contributed by atoms with Gasteiger partial charge in [-0.05, 0) is 32.0 Å². The van der Waals surface area contributed by atoms with Gasteiger partial charge in [-0.15, -0.1) is 0 Å². The molecule has 0 amide bonds. The van der Waals surface area contributed by atoms with Crippen LogP contribution in [0.2, 0.25) is 0 Å². The number of rotatable bonds is 6. The summed E-state index contributed by atoms with van der Waals surface area (Å²) in [4.78, 5) is 37.3. The Morgan fingerprint density at radius 2 is 1.77 bits per heavy atom. The van der Waals surface area contributed by atoms with Crippen molar-refractivity contribution in [2.75, 3.05) is 23.3 Å². The summed E-state index contributed by atoms with van der Waals surface area (Å²) < 4.78 is 9.99. The Balaban J connectivity index is 2.28. The van der Waals surface area contributed by atoms with Crippen LogP contribution in [0.5, 0.6) is 0 Å². The van der Waals surface area contributed by atoms with E-state index >= 15 is 0 Å². The average molecular weight is 362 g/mol. The predicted molar refractivity (Wildman–Crippen MR) is 94.9 cm³/mol. The molecule has 8 nitrogen and oxygen atoms in total. The molecule has 0 aromatic heterocycles. The first-order valence-electron chi connectivity index (χ1n) is 8.24. The van der Waals surface area contributed by atoms with Gasteiger partial charge < -0.3 is 24.8 Å². The lowest BCUT2D eigenvalue weighted by Gasteiger charge is -2.29. The SMILES string of the molecule is CCN(CC)c1ccc(NC=C2C(=O)OC(C)(C)OC2=O)cc1C(=O)O. The van der Waals surface area contributed by atoms with Gasteiger partial charge in [0.15, 0.2) is 5.57 Å². The van der Waals surface area contributed by atoms with Crippen LogP contribution in [0, 0.1) is 0 Å². The van der Waals surface area contributed by atoms with Crippen LogP contribution >= 0.6 is 0 Å². The summed E-state index contributed by atoms with van der Waals surface area (Å²) in [7, 11) is 0. The minimum Gasteiger partial charge on any atom is -0.478 e. The first kappa shape index (κ1) is 19.3. The molecule has 1 heterocycles. The van der Waals surface area contributed by atoms with E-state index in [0.29, 0.717) is 24.5 Å². The maximum absolute atomic E-state index is 11.9. The van der Waals surface area contributed by atoms with Gasteiger partial charge >= 0.3 is 17.9 Å². The third-order valence-corrected chi connectivity index (χ3v) is 3.83. The molecule has 1 aliphatic rings. The Hall–Kier alpha value is -3.03. The minimum atomic E-state index is -1.31. The number of benzene rings is 1. The van der Waals surface area contributed by atoms with Crippen LogP contribution in [-0.2, 0) is 19.1 Å². The number of carboxylic acids is 1. The largest absolute Gasteiger partial charge is 0.478 e. The zero-order valence-corrected chi connectivity index (χ0v) is 15.2. The molecular weight excluding hydrogens is 340 g/mol. The number of nitrogens with zero attached hydrogens (tertiary/aromatic N) is 1. The van der Waals surface area contributed by atoms with Crippen molar-refractivity contribution in [2.45, 2.75) is 33.5 Å². The molecule has 0 saturated carbocycles. The number of anilines is 2. The third kappa shape index (κ3) is 4.14. The highest BCUT2D eigenvalue weighted by Gasteiger charge is 2.38. The highest BCUT2D eigenvalue weighted by molar-refractivity contribution is 6.15. The Labute approximate surface area is 151 Å². The zero-order valence-electron chi connectivity index (χ0n) is 15.2. The fraction of sp³-hybridized carbons (Fsp3) is 0.389. The number of nitrogens with one attached hydrogen (secondary N) is 1. The molecule has 0 radical (unpaired) electrons. The Morgan fingerprint density at radius 1 is 1.19 bits per heavy atom. The molecular formula is C18H22N2O6. The van der Waals surface area contributed by atoms with Gasteiger partial charge in [-0.3, -0.25) is 0 Å². The molecule has 1 aromatic carbocycles. The lowest BCUT2D eigenvalue weighted by molar-refractivity contribution is -0.222. The van der Waals surface area contributed by atoms with Crippen LogP contribution < -0.4 is 10.2 Å². The number of carboxylic acid groups (broad SMARTS) is 1. The number of ether oxygens (including phenoxy) is 2. The lowest BCUT2D eigenvalue weighted by Crippen LogP contribution is -2.42. The van der Waals surface area contributed by atoms with Gasteiger partial charge in [-0.1, -0.05) is 0 Å². The molecule has 1 aromatic rings. The van der Waals surface area contributed by atoms with E-state index in [9.17, 15) is 19.5 Å². The van der Waals surface area contributed by atoms with Gasteiger partial charge in [-0.25, -0.2) is 14.4 Å². The van der Waals surface area contributed by atoms with E-state index in [1.165, 1.54) is 19.9 Å². The zero-order chi connectivity index (χ0) is 19.5. The fourth-order valence-electron chi connectivity index (χ4n) is 2.57. The first-order chi connectivity index (χ1) is 12.2. The number of carbonyl (C=O) groups excluding carboxylic acids is 2. The predicted octanol–water partition coefficient (Wildman–Crippen LogP) is 2.36. The van der Waals surface area contributed by atoms with Crippen molar-refractivity contribution in [1.82, 2.24) is 0 Å². The minimum absolute atomic E-state index is 0.118.